The molecule has 6 nitrogen and oxygen atoms in total. The van der Waals surface area contributed by atoms with Gasteiger partial charge >= 0.3 is 0 Å². The minimum Gasteiger partial charge on any atom is -0.344 e. The third-order valence-corrected chi connectivity index (χ3v) is 6.87. The third-order valence-electron chi connectivity index (χ3n) is 5.70. The minimum atomic E-state index is -0.623. The van der Waals surface area contributed by atoms with Crippen LogP contribution in [0.25, 0.3) is 10.2 Å². The van der Waals surface area contributed by atoms with E-state index in [1.54, 1.807) is 11.3 Å². The van der Waals surface area contributed by atoms with Gasteiger partial charge in [0.05, 0.1) is 17.8 Å². The molecule has 1 N–H and O–H groups in total. The van der Waals surface area contributed by atoms with Gasteiger partial charge in [0, 0.05) is 4.88 Å². The lowest BCUT2D eigenvalue weighted by atomic mass is 9.89. The van der Waals surface area contributed by atoms with Gasteiger partial charge in [-0.1, -0.05) is 37.3 Å². The zero-order valence-electron chi connectivity index (χ0n) is 17.2. The highest BCUT2D eigenvalue weighted by atomic mass is 32.1. The monoisotopic (exact) mass is 423 g/mol. The first kappa shape index (κ1) is 20.5. The van der Waals surface area contributed by atoms with Crippen LogP contribution in [0.1, 0.15) is 36.3 Å². The van der Waals surface area contributed by atoms with Crippen LogP contribution in [0.3, 0.4) is 0 Å². The van der Waals surface area contributed by atoms with E-state index in [-0.39, 0.29) is 23.8 Å². The highest BCUT2D eigenvalue weighted by Crippen LogP contribution is 2.35. The number of amides is 1. The van der Waals surface area contributed by atoms with Crippen molar-refractivity contribution in [2.45, 2.75) is 52.1 Å². The topological polar surface area (TPSA) is 81.1 Å². The summed E-state index contributed by atoms with van der Waals surface area (Å²) in [7, 11) is 0. The van der Waals surface area contributed by atoms with E-state index in [4.69, 9.17) is 0 Å². The van der Waals surface area contributed by atoms with Gasteiger partial charge < -0.3 is 5.32 Å². The molecule has 0 saturated heterocycles. The highest BCUT2D eigenvalue weighted by molar-refractivity contribution is 7.18. The van der Waals surface area contributed by atoms with E-state index in [0.717, 1.165) is 35.2 Å². The average molecular weight is 424 g/mol. The number of aryl methyl sites for hydroxylation is 1. The summed E-state index contributed by atoms with van der Waals surface area (Å²) in [5.41, 5.74) is 1.90. The Hall–Kier alpha value is -2.80. The maximum Gasteiger partial charge on any atom is 0.262 e. The van der Waals surface area contributed by atoms with Crippen molar-refractivity contribution in [2.75, 3.05) is 0 Å². The fourth-order valence-corrected chi connectivity index (χ4v) is 5.36. The standard InChI is InChI=1S/C23H25N3O3S/c1-14-8-9-17-19(10-14)30-22-21(17)23(29)26(13-24-22)12-20(28)25-18(15(2)27)11-16-6-4-3-5-7-16/h3-7,13-14,18H,8-12H2,1-2H3,(H,25,28)/t14-,18+/m1/s1. The van der Waals surface area contributed by atoms with E-state index in [1.807, 2.05) is 30.3 Å². The number of nitrogens with zero attached hydrogens (tertiary/aromatic N) is 2. The van der Waals surface area contributed by atoms with Crippen LogP contribution in [-0.2, 0) is 35.4 Å². The fraction of sp³-hybridized carbons (Fsp3) is 0.391. The maximum atomic E-state index is 13.1. The van der Waals surface area contributed by atoms with Crippen molar-refractivity contribution in [1.29, 1.82) is 0 Å². The minimum absolute atomic E-state index is 0.117. The summed E-state index contributed by atoms with van der Waals surface area (Å²) in [5.74, 6) is 0.132. The van der Waals surface area contributed by atoms with Crippen molar-refractivity contribution in [3.8, 4) is 0 Å². The molecule has 0 fully saturated rings. The van der Waals surface area contributed by atoms with Gasteiger partial charge in [-0.2, -0.15) is 0 Å². The Kier molecular flexibility index (Phi) is 5.81. The Balaban J connectivity index is 1.53. The summed E-state index contributed by atoms with van der Waals surface area (Å²) in [6.07, 6.45) is 4.79. The SMILES string of the molecule is CC(=O)[C@H](Cc1ccccc1)NC(=O)Cn1cnc2sc3c(c2c1=O)CC[C@@H](C)C3. The summed E-state index contributed by atoms with van der Waals surface area (Å²) in [6, 6.07) is 8.93. The first-order valence-electron chi connectivity index (χ1n) is 10.3. The lowest BCUT2D eigenvalue weighted by Gasteiger charge is -2.18. The Morgan fingerprint density at radius 2 is 2.07 bits per heavy atom. The van der Waals surface area contributed by atoms with Crippen molar-refractivity contribution in [1.82, 2.24) is 14.9 Å². The second-order valence-corrected chi connectivity index (χ2v) is 9.21. The summed E-state index contributed by atoms with van der Waals surface area (Å²) in [6.45, 7) is 3.54. The molecule has 7 heteroatoms. The molecule has 1 amide bonds. The molecular formula is C23H25N3O3S. The van der Waals surface area contributed by atoms with E-state index in [1.165, 1.54) is 22.7 Å². The van der Waals surface area contributed by atoms with Crippen molar-refractivity contribution in [3.63, 3.8) is 0 Å². The van der Waals surface area contributed by atoms with E-state index >= 15 is 0 Å². The Labute approximate surface area is 179 Å². The Bertz CT molecular complexity index is 1150. The highest BCUT2D eigenvalue weighted by Gasteiger charge is 2.24. The number of aromatic nitrogens is 2. The number of nitrogens with one attached hydrogen (secondary N) is 1. The van der Waals surface area contributed by atoms with Crippen molar-refractivity contribution in [2.24, 2.45) is 5.92 Å². The Morgan fingerprint density at radius 1 is 1.30 bits per heavy atom. The summed E-state index contributed by atoms with van der Waals surface area (Å²) in [5, 5.41) is 3.43. The van der Waals surface area contributed by atoms with Gasteiger partial charge in [-0.25, -0.2) is 4.98 Å². The number of hydrogen-bond donors (Lipinski definition) is 1. The molecule has 156 valence electrons. The van der Waals surface area contributed by atoms with E-state index in [2.05, 4.69) is 17.2 Å². The number of ketones is 1. The van der Waals surface area contributed by atoms with E-state index in [9.17, 15) is 14.4 Å². The molecule has 1 aliphatic rings. The van der Waals surface area contributed by atoms with Crippen LogP contribution in [-0.4, -0.2) is 27.3 Å². The quantitative estimate of drug-likeness (QED) is 0.661. The van der Waals surface area contributed by atoms with Crippen molar-refractivity contribution >= 4 is 33.2 Å². The molecular weight excluding hydrogens is 398 g/mol. The van der Waals surface area contributed by atoms with Gasteiger partial charge in [0.15, 0.2) is 5.78 Å². The molecule has 3 aromatic rings. The van der Waals surface area contributed by atoms with Gasteiger partial charge in [0.1, 0.15) is 11.4 Å². The number of Topliss-reactive ketones (excluding diaryl/α,β-unsaturated/α-hetero) is 1. The zero-order valence-corrected chi connectivity index (χ0v) is 18.0. The molecule has 1 aromatic carbocycles. The summed E-state index contributed by atoms with van der Waals surface area (Å²) >= 11 is 1.59. The van der Waals surface area contributed by atoms with Crippen LogP contribution in [0.2, 0.25) is 0 Å². The van der Waals surface area contributed by atoms with Gasteiger partial charge in [-0.3, -0.25) is 19.0 Å². The molecule has 2 atom stereocenters. The second-order valence-electron chi connectivity index (χ2n) is 8.13. The molecule has 2 aromatic heterocycles. The van der Waals surface area contributed by atoms with Crippen LogP contribution in [0.4, 0.5) is 0 Å². The molecule has 1 aliphatic carbocycles. The number of thiophene rings is 1. The molecule has 4 rings (SSSR count). The predicted molar refractivity (Wildman–Crippen MR) is 118 cm³/mol. The fourth-order valence-electron chi connectivity index (χ4n) is 4.02. The lowest BCUT2D eigenvalue weighted by molar-refractivity contribution is -0.127. The average Bonchev–Trinajstić information content (AvgIpc) is 3.08. The normalized spacial score (nSPS) is 16.8. The molecule has 2 heterocycles. The molecule has 0 bridgehead atoms. The smallest absolute Gasteiger partial charge is 0.262 e. The maximum absolute atomic E-state index is 13.1. The molecule has 30 heavy (non-hydrogen) atoms. The summed E-state index contributed by atoms with van der Waals surface area (Å²) in [4.78, 5) is 44.2. The van der Waals surface area contributed by atoms with Crippen LogP contribution < -0.4 is 10.9 Å². The number of carbonyl (C=O) groups is 2. The van der Waals surface area contributed by atoms with Gasteiger partial charge in [-0.05, 0) is 49.7 Å². The molecule has 0 aliphatic heterocycles. The van der Waals surface area contributed by atoms with Crippen LogP contribution in [0, 0.1) is 5.92 Å². The third kappa shape index (κ3) is 4.21. The van der Waals surface area contributed by atoms with E-state index in [0.29, 0.717) is 17.7 Å². The van der Waals surface area contributed by atoms with Crippen molar-refractivity contribution < 1.29 is 9.59 Å². The van der Waals surface area contributed by atoms with Crippen LogP contribution in [0.15, 0.2) is 41.5 Å². The number of carbonyl (C=O) groups excluding carboxylic acids is 2. The van der Waals surface area contributed by atoms with E-state index < -0.39 is 6.04 Å². The predicted octanol–water partition coefficient (Wildman–Crippen LogP) is 2.90. The number of benzene rings is 1. The molecule has 0 saturated carbocycles. The lowest BCUT2D eigenvalue weighted by Crippen LogP contribution is -2.43. The first-order valence-corrected chi connectivity index (χ1v) is 11.1. The molecule has 0 spiro atoms. The van der Waals surface area contributed by atoms with Crippen LogP contribution >= 0.6 is 11.3 Å². The van der Waals surface area contributed by atoms with Crippen LogP contribution in [0.5, 0.6) is 0 Å². The van der Waals surface area contributed by atoms with Gasteiger partial charge in [-0.15, -0.1) is 11.3 Å². The number of rotatable bonds is 6. The summed E-state index contributed by atoms with van der Waals surface area (Å²) < 4.78 is 1.35. The molecule has 0 radical (unpaired) electrons. The number of fused-ring (bicyclic) bond motifs is 3. The van der Waals surface area contributed by atoms with Gasteiger partial charge in [0.2, 0.25) is 5.91 Å². The van der Waals surface area contributed by atoms with Gasteiger partial charge in [0.25, 0.3) is 5.56 Å². The second kappa shape index (κ2) is 8.52. The van der Waals surface area contributed by atoms with Crippen molar-refractivity contribution in [3.05, 3.63) is 63.0 Å². The largest absolute Gasteiger partial charge is 0.344 e. The Morgan fingerprint density at radius 3 is 2.80 bits per heavy atom. The molecule has 0 unspecified atom stereocenters. The zero-order chi connectivity index (χ0) is 21.3. The number of hydrogen-bond acceptors (Lipinski definition) is 5. The first-order chi connectivity index (χ1) is 14.4.